The van der Waals surface area contributed by atoms with Gasteiger partial charge in [0.1, 0.15) is 6.20 Å². The van der Waals surface area contributed by atoms with Crippen molar-refractivity contribution in [1.82, 2.24) is 9.38 Å². The summed E-state index contributed by atoms with van der Waals surface area (Å²) >= 11 is 1.36. The number of aliphatic hydroxyl groups excluding tert-OH is 1. The van der Waals surface area contributed by atoms with E-state index >= 15 is 0 Å². The molecule has 2 N–H and O–H groups in total. The number of aromatic nitrogens is 2. The minimum Gasteiger partial charge on any atom is -0.396 e. The average molecular weight is 296 g/mol. The van der Waals surface area contributed by atoms with Crippen molar-refractivity contribution in [3.63, 3.8) is 0 Å². The number of fused-ring (bicyclic) bond motifs is 1. The molecule has 8 heteroatoms. The molecule has 0 saturated heterocycles. The van der Waals surface area contributed by atoms with Crippen LogP contribution in [0, 0.1) is 15.5 Å². The van der Waals surface area contributed by atoms with Gasteiger partial charge in [0, 0.05) is 17.3 Å². The van der Waals surface area contributed by atoms with E-state index in [-0.39, 0.29) is 17.8 Å². The molecule has 0 aromatic carbocycles. The third kappa shape index (κ3) is 2.14. The van der Waals surface area contributed by atoms with Crippen LogP contribution in [0.2, 0.25) is 0 Å². The summed E-state index contributed by atoms with van der Waals surface area (Å²) in [4.78, 5) is 15.6. The number of hydrogen-bond acceptors (Lipinski definition) is 6. The number of anilines is 1. The summed E-state index contributed by atoms with van der Waals surface area (Å²) in [7, 11) is 0. The molecule has 1 fully saturated rings. The fourth-order valence-electron chi connectivity index (χ4n) is 2.85. The molecule has 1 aliphatic carbocycles. The Balaban J connectivity index is 1.85. The normalized spacial score (nSPS) is 17.6. The van der Waals surface area contributed by atoms with Gasteiger partial charge in [-0.05, 0) is 17.8 Å². The van der Waals surface area contributed by atoms with E-state index in [0.29, 0.717) is 17.3 Å². The number of nitrogens with one attached hydrogen (secondary N) is 1. The molecule has 0 amide bonds. The lowest BCUT2D eigenvalue weighted by Gasteiger charge is -2.26. The molecule has 0 radical (unpaired) electrons. The number of nitro groups is 1. The molecule has 0 aliphatic heterocycles. The average Bonchev–Trinajstić information content (AvgIpc) is 3.11. The van der Waals surface area contributed by atoms with Crippen molar-refractivity contribution in [1.29, 1.82) is 0 Å². The Bertz CT molecular complexity index is 630. The first-order valence-corrected chi connectivity index (χ1v) is 7.48. The lowest BCUT2D eigenvalue weighted by molar-refractivity contribution is -0.389. The highest BCUT2D eigenvalue weighted by Crippen LogP contribution is 2.38. The first-order valence-electron chi connectivity index (χ1n) is 6.60. The van der Waals surface area contributed by atoms with Gasteiger partial charge in [0.05, 0.1) is 6.61 Å². The maximum Gasteiger partial charge on any atom is 0.372 e. The third-order valence-corrected chi connectivity index (χ3v) is 4.80. The number of hydrogen-bond donors (Lipinski definition) is 2. The van der Waals surface area contributed by atoms with Crippen molar-refractivity contribution < 1.29 is 10.0 Å². The molecule has 0 spiro atoms. The van der Waals surface area contributed by atoms with E-state index in [1.807, 2.05) is 0 Å². The third-order valence-electron chi connectivity index (χ3n) is 4.04. The Morgan fingerprint density at radius 1 is 1.55 bits per heavy atom. The molecule has 1 saturated carbocycles. The summed E-state index contributed by atoms with van der Waals surface area (Å²) in [6, 6.07) is 0. The van der Waals surface area contributed by atoms with Gasteiger partial charge in [0.15, 0.2) is 0 Å². The van der Waals surface area contributed by atoms with Crippen LogP contribution < -0.4 is 5.32 Å². The Labute approximate surface area is 119 Å². The summed E-state index contributed by atoms with van der Waals surface area (Å²) in [5.74, 6) is 0.258. The smallest absolute Gasteiger partial charge is 0.372 e. The second-order valence-electron chi connectivity index (χ2n) is 5.32. The fourth-order valence-corrected chi connectivity index (χ4v) is 3.56. The van der Waals surface area contributed by atoms with Crippen LogP contribution in [0.5, 0.6) is 0 Å². The van der Waals surface area contributed by atoms with Gasteiger partial charge in [-0.2, -0.15) is 9.38 Å². The van der Waals surface area contributed by atoms with Crippen LogP contribution in [-0.2, 0) is 0 Å². The zero-order valence-electron chi connectivity index (χ0n) is 10.9. The van der Waals surface area contributed by atoms with Crippen LogP contribution in [0.3, 0.4) is 0 Å². The molecular weight excluding hydrogens is 280 g/mol. The molecule has 7 nitrogen and oxygen atoms in total. The van der Waals surface area contributed by atoms with Gasteiger partial charge in [0.2, 0.25) is 5.82 Å². The Morgan fingerprint density at radius 2 is 2.30 bits per heavy atom. The predicted octanol–water partition coefficient (Wildman–Crippen LogP) is 2.27. The Hall–Kier alpha value is -1.67. The van der Waals surface area contributed by atoms with Gasteiger partial charge >= 0.3 is 5.82 Å². The molecule has 108 valence electrons. The highest BCUT2D eigenvalue weighted by Gasteiger charge is 2.34. The number of imidazole rings is 1. The van der Waals surface area contributed by atoms with E-state index in [4.69, 9.17) is 0 Å². The van der Waals surface area contributed by atoms with Gasteiger partial charge in [-0.25, -0.2) is 0 Å². The monoisotopic (exact) mass is 296 g/mol. The molecule has 3 rings (SSSR count). The van der Waals surface area contributed by atoms with E-state index in [9.17, 15) is 15.2 Å². The number of rotatable bonds is 5. The quantitative estimate of drug-likeness (QED) is 0.652. The first-order chi connectivity index (χ1) is 9.65. The summed E-state index contributed by atoms with van der Waals surface area (Å²) in [5.41, 5.74) is -0.162. The van der Waals surface area contributed by atoms with Crippen molar-refractivity contribution >= 4 is 27.9 Å². The predicted molar refractivity (Wildman–Crippen MR) is 76.2 cm³/mol. The van der Waals surface area contributed by atoms with Crippen LogP contribution in [-0.4, -0.2) is 32.6 Å². The molecular formula is C12H16N4O3S. The molecule has 1 aliphatic rings. The van der Waals surface area contributed by atoms with Gasteiger partial charge < -0.3 is 20.5 Å². The van der Waals surface area contributed by atoms with Crippen LogP contribution in [0.15, 0.2) is 11.6 Å². The zero-order chi connectivity index (χ0) is 14.2. The topological polar surface area (TPSA) is 92.7 Å². The van der Waals surface area contributed by atoms with Gasteiger partial charge in [-0.3, -0.25) is 0 Å². The Morgan fingerprint density at radius 3 is 2.95 bits per heavy atom. The largest absolute Gasteiger partial charge is 0.396 e. The number of aliphatic hydroxyl groups is 1. The minimum atomic E-state index is -0.421. The summed E-state index contributed by atoms with van der Waals surface area (Å²) in [6.45, 7) is 0.630. The van der Waals surface area contributed by atoms with Gasteiger partial charge in [-0.15, -0.1) is 0 Å². The molecule has 0 bridgehead atoms. The fraction of sp³-hybridized carbons (Fsp3) is 0.583. The first kappa shape index (κ1) is 13.3. The van der Waals surface area contributed by atoms with E-state index in [2.05, 4.69) is 10.3 Å². The SMILES string of the molecule is O=[N+]([O-])c1c(NCC2(CO)CCCC2)nc2sccn12. The number of nitrogens with zero attached hydrogens (tertiary/aromatic N) is 3. The second-order valence-corrected chi connectivity index (χ2v) is 6.19. The lowest BCUT2D eigenvalue weighted by Crippen LogP contribution is -2.30. The molecule has 0 atom stereocenters. The van der Waals surface area contributed by atoms with Crippen molar-refractivity contribution in [3.05, 3.63) is 21.7 Å². The van der Waals surface area contributed by atoms with Crippen LogP contribution >= 0.6 is 11.3 Å². The van der Waals surface area contributed by atoms with Gasteiger partial charge in [0.25, 0.3) is 4.96 Å². The molecule has 20 heavy (non-hydrogen) atoms. The minimum absolute atomic E-state index is 0.0349. The zero-order valence-corrected chi connectivity index (χ0v) is 11.7. The van der Waals surface area contributed by atoms with Crippen molar-refractivity contribution in [2.45, 2.75) is 25.7 Å². The van der Waals surface area contributed by atoms with Crippen molar-refractivity contribution in [2.75, 3.05) is 18.5 Å². The van der Waals surface area contributed by atoms with E-state index < -0.39 is 4.92 Å². The second kappa shape index (κ2) is 5.02. The standard InChI is InChI=1S/C12H16N4O3S/c17-8-12(3-1-2-4-12)7-13-9-10(16(18)19)15-5-6-20-11(15)14-9/h5-6,13,17H,1-4,7-8H2. The molecule has 2 aromatic rings. The Kier molecular flexibility index (Phi) is 3.35. The van der Waals surface area contributed by atoms with Crippen molar-refractivity contribution in [2.24, 2.45) is 5.41 Å². The van der Waals surface area contributed by atoms with E-state index in [1.165, 1.54) is 15.7 Å². The van der Waals surface area contributed by atoms with Crippen LogP contribution in [0.1, 0.15) is 25.7 Å². The van der Waals surface area contributed by atoms with Crippen LogP contribution in [0.25, 0.3) is 4.96 Å². The summed E-state index contributed by atoms with van der Waals surface area (Å²) < 4.78 is 1.48. The maximum atomic E-state index is 11.2. The highest BCUT2D eigenvalue weighted by atomic mass is 32.1. The highest BCUT2D eigenvalue weighted by molar-refractivity contribution is 7.15. The van der Waals surface area contributed by atoms with E-state index in [1.54, 1.807) is 11.6 Å². The van der Waals surface area contributed by atoms with E-state index in [0.717, 1.165) is 25.7 Å². The van der Waals surface area contributed by atoms with Gasteiger partial charge in [-0.1, -0.05) is 24.2 Å². The molecule has 2 aromatic heterocycles. The van der Waals surface area contributed by atoms with Crippen LogP contribution in [0.4, 0.5) is 11.6 Å². The summed E-state index contributed by atoms with van der Waals surface area (Å²) in [6.07, 6.45) is 5.75. The lowest BCUT2D eigenvalue weighted by atomic mass is 9.87. The molecule has 0 unspecified atom stereocenters. The number of thiazole rings is 1. The van der Waals surface area contributed by atoms with Crippen molar-refractivity contribution in [3.8, 4) is 0 Å². The summed E-state index contributed by atoms with van der Waals surface area (Å²) in [5, 5.41) is 25.6. The molecule has 2 heterocycles. The maximum absolute atomic E-state index is 11.2.